The number of benzene rings is 1. The monoisotopic (exact) mass is 318 g/mol. The summed E-state index contributed by atoms with van der Waals surface area (Å²) in [6.07, 6.45) is 2.15. The van der Waals surface area contributed by atoms with Gasteiger partial charge in [-0.25, -0.2) is 0 Å². The highest BCUT2D eigenvalue weighted by Crippen LogP contribution is 2.22. The lowest BCUT2D eigenvalue weighted by molar-refractivity contribution is 0.0575. The fraction of sp³-hybridized carbons (Fsp3) is 0.600. The van der Waals surface area contributed by atoms with E-state index >= 15 is 0 Å². The summed E-state index contributed by atoms with van der Waals surface area (Å²) < 4.78 is 0. The zero-order valence-corrected chi connectivity index (χ0v) is 13.8. The summed E-state index contributed by atoms with van der Waals surface area (Å²) in [5, 5.41) is 0. The van der Waals surface area contributed by atoms with Gasteiger partial charge in [0.05, 0.1) is 13.2 Å². The summed E-state index contributed by atoms with van der Waals surface area (Å²) in [7, 11) is 1.65. The predicted octanol–water partition coefficient (Wildman–Crippen LogP) is 3.96. The Kier molecular flexibility index (Phi) is 9.03. The van der Waals surface area contributed by atoms with Crippen LogP contribution in [0, 0.1) is 0 Å². The van der Waals surface area contributed by atoms with E-state index in [1.165, 1.54) is 5.56 Å². The molecule has 5 heteroatoms. The van der Waals surface area contributed by atoms with Crippen molar-refractivity contribution in [3.05, 3.63) is 29.8 Å². The van der Waals surface area contributed by atoms with Crippen LogP contribution in [0.25, 0.3) is 0 Å². The van der Waals surface area contributed by atoms with Gasteiger partial charge in [0.1, 0.15) is 0 Å². The second-order valence-electron chi connectivity index (χ2n) is 4.62. The van der Waals surface area contributed by atoms with Crippen LogP contribution in [0.5, 0.6) is 0 Å². The molecule has 3 nitrogen and oxygen atoms in total. The molecular formula is C15H24Cl2N2O. The lowest BCUT2D eigenvalue weighted by Gasteiger charge is -2.24. The zero-order chi connectivity index (χ0) is 14.8. The molecule has 0 fully saturated rings. The van der Waals surface area contributed by atoms with Crippen LogP contribution in [0.4, 0.5) is 5.69 Å². The molecule has 114 valence electrons. The molecule has 1 N–H and O–H groups in total. The molecule has 0 heterocycles. The van der Waals surface area contributed by atoms with E-state index in [0.29, 0.717) is 11.8 Å². The average Bonchev–Trinajstić information content (AvgIpc) is 2.47. The number of hydrogen-bond donors (Lipinski definition) is 1. The van der Waals surface area contributed by atoms with Crippen molar-refractivity contribution in [1.82, 2.24) is 5.48 Å². The minimum absolute atomic E-state index is 0.230. The maximum atomic E-state index is 5.83. The Hall–Kier alpha value is -0.480. The van der Waals surface area contributed by atoms with E-state index in [4.69, 9.17) is 28.0 Å². The number of hydroxylamine groups is 1. The van der Waals surface area contributed by atoms with E-state index in [2.05, 4.69) is 41.6 Å². The van der Waals surface area contributed by atoms with Gasteiger partial charge < -0.3 is 9.74 Å². The second-order valence-corrected chi connectivity index (χ2v) is 5.38. The maximum Gasteiger partial charge on any atom is 0.0572 e. The Labute approximate surface area is 132 Å². The zero-order valence-electron chi connectivity index (χ0n) is 12.2. The first-order chi connectivity index (χ1) is 9.76. The van der Waals surface area contributed by atoms with Crippen molar-refractivity contribution in [2.75, 3.05) is 36.9 Å². The smallest absolute Gasteiger partial charge is 0.0572 e. The van der Waals surface area contributed by atoms with Crippen molar-refractivity contribution < 1.29 is 4.84 Å². The third-order valence-electron chi connectivity index (χ3n) is 3.21. The van der Waals surface area contributed by atoms with Crippen LogP contribution in [-0.2, 0) is 4.84 Å². The molecule has 0 spiro atoms. The van der Waals surface area contributed by atoms with Crippen LogP contribution in [0.2, 0.25) is 0 Å². The molecule has 0 aliphatic carbocycles. The standard InChI is InChI=1S/C15H24Cl2N2O/c1-3-4-15(18-20-2)13-5-7-14(8-6-13)19(11-9-16)12-10-17/h5-8,15,18H,3-4,9-12H2,1-2H3. The van der Waals surface area contributed by atoms with Crippen molar-refractivity contribution in [2.24, 2.45) is 0 Å². The summed E-state index contributed by atoms with van der Waals surface area (Å²) in [6.45, 7) is 3.78. The molecule has 1 aromatic carbocycles. The normalized spacial score (nSPS) is 12.4. The lowest BCUT2D eigenvalue weighted by atomic mass is 10.0. The predicted molar refractivity (Wildman–Crippen MR) is 87.9 cm³/mol. The van der Waals surface area contributed by atoms with Crippen LogP contribution in [0.3, 0.4) is 0 Å². The number of nitrogens with zero attached hydrogens (tertiary/aromatic N) is 1. The molecule has 0 aromatic heterocycles. The van der Waals surface area contributed by atoms with Gasteiger partial charge >= 0.3 is 0 Å². The Bertz CT molecular complexity index is 312. The van der Waals surface area contributed by atoms with Gasteiger partial charge in [0, 0.05) is 30.5 Å². The minimum Gasteiger partial charge on any atom is -0.369 e. The van der Waals surface area contributed by atoms with E-state index in [1.807, 2.05) is 0 Å². The maximum absolute atomic E-state index is 5.83. The lowest BCUT2D eigenvalue weighted by Crippen LogP contribution is -2.27. The average molecular weight is 319 g/mol. The van der Waals surface area contributed by atoms with E-state index in [-0.39, 0.29) is 6.04 Å². The summed E-state index contributed by atoms with van der Waals surface area (Å²) in [4.78, 5) is 7.27. The van der Waals surface area contributed by atoms with Crippen molar-refractivity contribution in [3.8, 4) is 0 Å². The molecular weight excluding hydrogens is 295 g/mol. The Morgan fingerprint density at radius 1 is 1.15 bits per heavy atom. The van der Waals surface area contributed by atoms with Gasteiger partial charge in [-0.3, -0.25) is 0 Å². The highest BCUT2D eigenvalue weighted by Gasteiger charge is 2.11. The first kappa shape index (κ1) is 17.6. The van der Waals surface area contributed by atoms with Gasteiger partial charge in [0.15, 0.2) is 0 Å². The van der Waals surface area contributed by atoms with Gasteiger partial charge in [-0.05, 0) is 24.1 Å². The molecule has 1 atom stereocenters. The van der Waals surface area contributed by atoms with Crippen molar-refractivity contribution in [3.63, 3.8) is 0 Å². The largest absolute Gasteiger partial charge is 0.369 e. The van der Waals surface area contributed by atoms with Crippen LogP contribution >= 0.6 is 23.2 Å². The fourth-order valence-electron chi connectivity index (χ4n) is 2.22. The SMILES string of the molecule is CCCC(NOC)c1ccc(N(CCCl)CCCl)cc1. The quantitative estimate of drug-likeness (QED) is 0.522. The van der Waals surface area contributed by atoms with Gasteiger partial charge in [-0.2, -0.15) is 5.48 Å². The number of halogens is 2. The van der Waals surface area contributed by atoms with E-state index < -0.39 is 0 Å². The molecule has 1 aromatic rings. The first-order valence-electron chi connectivity index (χ1n) is 7.02. The van der Waals surface area contributed by atoms with Crippen LogP contribution in [-0.4, -0.2) is 32.0 Å². The molecule has 0 radical (unpaired) electrons. The summed E-state index contributed by atoms with van der Waals surface area (Å²) >= 11 is 11.7. The topological polar surface area (TPSA) is 24.5 Å². The third-order valence-corrected chi connectivity index (χ3v) is 3.54. The van der Waals surface area contributed by atoms with E-state index in [1.54, 1.807) is 7.11 Å². The van der Waals surface area contributed by atoms with Crippen molar-refractivity contribution >= 4 is 28.9 Å². The minimum atomic E-state index is 0.230. The summed E-state index contributed by atoms with van der Waals surface area (Å²) in [5.74, 6) is 1.20. The second kappa shape index (κ2) is 10.3. The highest BCUT2D eigenvalue weighted by atomic mass is 35.5. The van der Waals surface area contributed by atoms with Crippen LogP contribution < -0.4 is 10.4 Å². The molecule has 0 amide bonds. The van der Waals surface area contributed by atoms with E-state index in [0.717, 1.165) is 31.6 Å². The molecule has 0 saturated carbocycles. The molecule has 20 heavy (non-hydrogen) atoms. The van der Waals surface area contributed by atoms with Crippen LogP contribution in [0.15, 0.2) is 24.3 Å². The number of anilines is 1. The van der Waals surface area contributed by atoms with E-state index in [9.17, 15) is 0 Å². The number of rotatable bonds is 10. The molecule has 1 unspecified atom stereocenters. The molecule has 1 rings (SSSR count). The molecule has 0 aliphatic rings. The van der Waals surface area contributed by atoms with Crippen molar-refractivity contribution in [2.45, 2.75) is 25.8 Å². The third kappa shape index (κ3) is 5.49. The number of alkyl halides is 2. The van der Waals surface area contributed by atoms with Crippen molar-refractivity contribution in [1.29, 1.82) is 0 Å². The summed E-state index contributed by atoms with van der Waals surface area (Å²) in [6, 6.07) is 8.74. The highest BCUT2D eigenvalue weighted by molar-refractivity contribution is 6.18. The molecule has 0 bridgehead atoms. The Morgan fingerprint density at radius 2 is 1.75 bits per heavy atom. The van der Waals surface area contributed by atoms with Gasteiger partial charge in [0.2, 0.25) is 0 Å². The van der Waals surface area contributed by atoms with Gasteiger partial charge in [-0.15, -0.1) is 23.2 Å². The fourth-order valence-corrected chi connectivity index (χ4v) is 2.62. The van der Waals surface area contributed by atoms with Gasteiger partial charge in [-0.1, -0.05) is 25.5 Å². The first-order valence-corrected chi connectivity index (χ1v) is 8.09. The summed E-state index contributed by atoms with van der Waals surface area (Å²) in [5.41, 5.74) is 5.43. The Balaban J connectivity index is 2.79. The molecule has 0 saturated heterocycles. The Morgan fingerprint density at radius 3 is 2.20 bits per heavy atom. The number of hydrogen-bond acceptors (Lipinski definition) is 3. The molecule has 0 aliphatic heterocycles. The van der Waals surface area contributed by atoms with Crippen LogP contribution in [0.1, 0.15) is 31.4 Å². The number of nitrogens with one attached hydrogen (secondary N) is 1. The van der Waals surface area contributed by atoms with Gasteiger partial charge in [0.25, 0.3) is 0 Å².